The Bertz CT molecular complexity index is 634. The van der Waals surface area contributed by atoms with Gasteiger partial charge >= 0.3 is 0 Å². The van der Waals surface area contributed by atoms with Gasteiger partial charge in [-0.15, -0.1) is 0 Å². The first-order valence-corrected chi connectivity index (χ1v) is 8.02. The standard InChI is InChI=1S/C18H26N2O4.CH4/c1-13-10-24-17(20-13)12-23-16-8-6-5-7-15(16)22-11-14(21)9-19-18(2,3)4;/h5-8,10,14,19,21H,9,11-12H2,1-4H3;1H4. The highest BCUT2D eigenvalue weighted by molar-refractivity contribution is 5.39. The Morgan fingerprint density at radius 1 is 1.20 bits per heavy atom. The van der Waals surface area contributed by atoms with E-state index < -0.39 is 6.10 Å². The quantitative estimate of drug-likeness (QED) is 0.760. The maximum Gasteiger partial charge on any atom is 0.232 e. The van der Waals surface area contributed by atoms with Crippen molar-refractivity contribution in [3.63, 3.8) is 0 Å². The van der Waals surface area contributed by atoms with Crippen LogP contribution < -0.4 is 14.8 Å². The lowest BCUT2D eigenvalue weighted by molar-refractivity contribution is 0.0974. The maximum atomic E-state index is 10.0. The van der Waals surface area contributed by atoms with Crippen LogP contribution in [0.25, 0.3) is 0 Å². The van der Waals surface area contributed by atoms with Crippen LogP contribution in [-0.2, 0) is 6.61 Å². The van der Waals surface area contributed by atoms with Gasteiger partial charge in [-0.1, -0.05) is 19.6 Å². The third-order valence-electron chi connectivity index (χ3n) is 3.17. The van der Waals surface area contributed by atoms with E-state index in [9.17, 15) is 5.11 Å². The molecule has 2 rings (SSSR count). The Hall–Kier alpha value is -2.05. The van der Waals surface area contributed by atoms with Crippen molar-refractivity contribution in [1.82, 2.24) is 10.3 Å². The average Bonchev–Trinajstić information content (AvgIpc) is 2.94. The SMILES string of the molecule is C.Cc1coc(COc2ccccc2OCC(O)CNC(C)(C)C)n1. The molecule has 0 amide bonds. The first kappa shape index (κ1) is 21.0. The molecule has 1 heterocycles. The summed E-state index contributed by atoms with van der Waals surface area (Å²) in [6.07, 6.45) is 0.978. The number of ether oxygens (including phenoxy) is 2. The molecule has 0 saturated carbocycles. The first-order valence-electron chi connectivity index (χ1n) is 8.02. The summed E-state index contributed by atoms with van der Waals surface area (Å²) < 4.78 is 16.7. The molecule has 6 nitrogen and oxygen atoms in total. The van der Waals surface area contributed by atoms with Gasteiger partial charge in [0.15, 0.2) is 18.1 Å². The number of para-hydroxylation sites is 2. The molecular weight excluding hydrogens is 320 g/mol. The van der Waals surface area contributed by atoms with Crippen LogP contribution in [0.3, 0.4) is 0 Å². The molecule has 140 valence electrons. The molecule has 1 atom stereocenters. The minimum atomic E-state index is -0.605. The Morgan fingerprint density at radius 2 is 1.84 bits per heavy atom. The summed E-state index contributed by atoms with van der Waals surface area (Å²) in [5.74, 6) is 1.68. The van der Waals surface area contributed by atoms with Crippen LogP contribution in [0.1, 0.15) is 39.8 Å². The molecule has 1 aromatic carbocycles. The number of aliphatic hydroxyl groups excluding tert-OH is 1. The number of β-amino-alcohol motifs (C(OH)–C–C–N with tert-alkyl or cyclic N) is 1. The fourth-order valence-electron chi connectivity index (χ4n) is 1.97. The van der Waals surface area contributed by atoms with Crippen molar-refractivity contribution in [3.8, 4) is 11.5 Å². The Balaban J connectivity index is 0.00000312. The second-order valence-corrected chi connectivity index (χ2v) is 6.71. The molecule has 0 aliphatic carbocycles. The van der Waals surface area contributed by atoms with Gasteiger partial charge in [0.25, 0.3) is 0 Å². The number of aromatic nitrogens is 1. The molecule has 6 heteroatoms. The summed E-state index contributed by atoms with van der Waals surface area (Å²) in [6, 6.07) is 7.34. The van der Waals surface area contributed by atoms with Crippen LogP contribution in [0.4, 0.5) is 0 Å². The van der Waals surface area contributed by atoms with Crippen molar-refractivity contribution in [3.05, 3.63) is 42.1 Å². The third-order valence-corrected chi connectivity index (χ3v) is 3.17. The van der Waals surface area contributed by atoms with Crippen molar-refractivity contribution < 1.29 is 19.0 Å². The van der Waals surface area contributed by atoms with Crippen LogP contribution in [-0.4, -0.2) is 34.9 Å². The van der Waals surface area contributed by atoms with E-state index in [2.05, 4.69) is 10.3 Å². The number of nitrogens with zero attached hydrogens (tertiary/aromatic N) is 1. The monoisotopic (exact) mass is 350 g/mol. The maximum absolute atomic E-state index is 10.0. The number of rotatable bonds is 8. The molecule has 25 heavy (non-hydrogen) atoms. The molecule has 0 spiro atoms. The van der Waals surface area contributed by atoms with Crippen LogP contribution in [0.5, 0.6) is 11.5 Å². The zero-order valence-electron chi connectivity index (χ0n) is 14.7. The zero-order valence-corrected chi connectivity index (χ0v) is 14.7. The van der Waals surface area contributed by atoms with Gasteiger partial charge in [0.05, 0.1) is 5.69 Å². The second kappa shape index (κ2) is 9.44. The molecule has 0 radical (unpaired) electrons. The molecule has 1 unspecified atom stereocenters. The fourth-order valence-corrected chi connectivity index (χ4v) is 1.97. The summed E-state index contributed by atoms with van der Waals surface area (Å²) in [7, 11) is 0. The van der Waals surface area contributed by atoms with E-state index in [0.717, 1.165) is 5.69 Å². The van der Waals surface area contributed by atoms with Gasteiger partial charge in [0.1, 0.15) is 19.0 Å². The van der Waals surface area contributed by atoms with Crippen LogP contribution in [0, 0.1) is 6.92 Å². The molecule has 2 N–H and O–H groups in total. The van der Waals surface area contributed by atoms with Crippen LogP contribution in [0.15, 0.2) is 34.9 Å². The van der Waals surface area contributed by atoms with Crippen molar-refractivity contribution >= 4 is 0 Å². The molecule has 0 fully saturated rings. The highest BCUT2D eigenvalue weighted by atomic mass is 16.5. The smallest absolute Gasteiger partial charge is 0.232 e. The fraction of sp³-hybridized carbons (Fsp3) is 0.526. The minimum absolute atomic E-state index is 0. The van der Waals surface area contributed by atoms with Gasteiger partial charge in [-0.25, -0.2) is 4.98 Å². The number of nitrogens with one attached hydrogen (secondary N) is 1. The predicted octanol–water partition coefficient (Wildman–Crippen LogP) is 3.33. The average molecular weight is 350 g/mol. The highest BCUT2D eigenvalue weighted by Crippen LogP contribution is 2.27. The molecule has 0 saturated heterocycles. The molecule has 0 aliphatic rings. The number of hydrogen-bond acceptors (Lipinski definition) is 6. The molecule has 1 aromatic heterocycles. The summed E-state index contributed by atoms with van der Waals surface area (Å²) in [5, 5.41) is 13.3. The molecular formula is C19H30N2O4. The van der Waals surface area contributed by atoms with Gasteiger partial charge in [-0.3, -0.25) is 0 Å². The van der Waals surface area contributed by atoms with Crippen molar-refractivity contribution in [2.75, 3.05) is 13.2 Å². The van der Waals surface area contributed by atoms with Crippen molar-refractivity contribution in [1.29, 1.82) is 0 Å². The third kappa shape index (κ3) is 7.58. The van der Waals surface area contributed by atoms with E-state index in [1.165, 1.54) is 0 Å². The lowest BCUT2D eigenvalue weighted by Crippen LogP contribution is -2.42. The van der Waals surface area contributed by atoms with Crippen molar-refractivity contribution in [2.24, 2.45) is 0 Å². The van der Waals surface area contributed by atoms with E-state index in [1.54, 1.807) is 12.3 Å². The van der Waals surface area contributed by atoms with E-state index in [0.29, 0.717) is 23.9 Å². The Morgan fingerprint density at radius 3 is 2.40 bits per heavy atom. The zero-order chi connectivity index (χ0) is 17.6. The van der Waals surface area contributed by atoms with E-state index >= 15 is 0 Å². The van der Waals surface area contributed by atoms with Crippen LogP contribution >= 0.6 is 0 Å². The number of aliphatic hydroxyl groups is 1. The van der Waals surface area contributed by atoms with Gasteiger partial charge in [0, 0.05) is 12.1 Å². The van der Waals surface area contributed by atoms with Crippen LogP contribution in [0.2, 0.25) is 0 Å². The normalized spacial score (nSPS) is 12.4. The number of hydrogen-bond donors (Lipinski definition) is 2. The number of aryl methyl sites for hydroxylation is 1. The second-order valence-electron chi connectivity index (χ2n) is 6.71. The Kier molecular flexibility index (Phi) is 7.93. The van der Waals surface area contributed by atoms with Gasteiger partial charge < -0.3 is 24.3 Å². The summed E-state index contributed by atoms with van der Waals surface area (Å²) in [5.41, 5.74) is 0.767. The minimum Gasteiger partial charge on any atom is -0.487 e. The topological polar surface area (TPSA) is 76.8 Å². The predicted molar refractivity (Wildman–Crippen MR) is 98.0 cm³/mol. The van der Waals surface area contributed by atoms with Gasteiger partial charge in [-0.2, -0.15) is 0 Å². The summed E-state index contributed by atoms with van der Waals surface area (Å²) >= 11 is 0. The Labute approximate surface area is 150 Å². The molecule has 0 bridgehead atoms. The lowest BCUT2D eigenvalue weighted by Gasteiger charge is -2.23. The first-order chi connectivity index (χ1) is 11.3. The van der Waals surface area contributed by atoms with Gasteiger partial charge in [0.2, 0.25) is 5.89 Å². The summed E-state index contributed by atoms with van der Waals surface area (Å²) in [4.78, 5) is 4.20. The summed E-state index contributed by atoms with van der Waals surface area (Å²) in [6.45, 7) is 8.87. The highest BCUT2D eigenvalue weighted by Gasteiger charge is 2.14. The van der Waals surface area contributed by atoms with E-state index in [1.807, 2.05) is 45.9 Å². The molecule has 2 aromatic rings. The molecule has 0 aliphatic heterocycles. The van der Waals surface area contributed by atoms with E-state index in [4.69, 9.17) is 13.9 Å². The van der Waals surface area contributed by atoms with E-state index in [-0.39, 0.29) is 26.2 Å². The number of oxazole rings is 1. The lowest BCUT2D eigenvalue weighted by atomic mass is 10.1. The van der Waals surface area contributed by atoms with Gasteiger partial charge in [-0.05, 0) is 39.8 Å². The number of benzene rings is 1. The van der Waals surface area contributed by atoms with Crippen molar-refractivity contribution in [2.45, 2.75) is 53.4 Å². The largest absolute Gasteiger partial charge is 0.487 e.